The van der Waals surface area contributed by atoms with Gasteiger partial charge in [0, 0.05) is 25.2 Å². The van der Waals surface area contributed by atoms with Gasteiger partial charge in [-0.25, -0.2) is 9.97 Å². The first-order chi connectivity index (χ1) is 12.1. The van der Waals surface area contributed by atoms with Crippen molar-refractivity contribution in [3.05, 3.63) is 58.7 Å². The Balaban J connectivity index is 1.46. The Bertz CT molecular complexity index is 1000. The van der Waals surface area contributed by atoms with Crippen LogP contribution in [-0.4, -0.2) is 31.1 Å². The minimum atomic E-state index is -0.197. The first-order valence-electron chi connectivity index (χ1n) is 8.36. The van der Waals surface area contributed by atoms with Crippen LogP contribution in [0.2, 0.25) is 0 Å². The summed E-state index contributed by atoms with van der Waals surface area (Å²) >= 11 is 0. The maximum atomic E-state index is 12.5. The molecule has 0 fully saturated rings. The van der Waals surface area contributed by atoms with Gasteiger partial charge in [0.15, 0.2) is 0 Å². The van der Waals surface area contributed by atoms with E-state index in [0.29, 0.717) is 17.4 Å². The molecule has 0 spiro atoms. The van der Waals surface area contributed by atoms with E-state index in [2.05, 4.69) is 19.9 Å². The molecule has 0 unspecified atom stereocenters. The molecule has 1 aliphatic rings. The van der Waals surface area contributed by atoms with Crippen molar-refractivity contribution in [2.45, 2.75) is 38.9 Å². The summed E-state index contributed by atoms with van der Waals surface area (Å²) in [6.45, 7) is 2.66. The summed E-state index contributed by atoms with van der Waals surface area (Å²) in [4.78, 5) is 33.5. The van der Waals surface area contributed by atoms with Crippen LogP contribution in [0.1, 0.15) is 17.9 Å². The second-order valence-electron chi connectivity index (χ2n) is 6.45. The highest BCUT2D eigenvalue weighted by Crippen LogP contribution is 2.15. The number of nitrogens with one attached hydrogen (secondary N) is 1. The van der Waals surface area contributed by atoms with Crippen molar-refractivity contribution in [3.63, 3.8) is 0 Å². The summed E-state index contributed by atoms with van der Waals surface area (Å²) in [6.07, 6.45) is 5.14. The molecule has 2 aromatic heterocycles. The lowest BCUT2D eigenvalue weighted by Crippen LogP contribution is -2.43. The van der Waals surface area contributed by atoms with Gasteiger partial charge in [0.05, 0.1) is 22.9 Å². The summed E-state index contributed by atoms with van der Waals surface area (Å²) in [5.74, 6) is 0.891. The number of aromatic nitrogens is 4. The fourth-order valence-electron chi connectivity index (χ4n) is 3.35. The van der Waals surface area contributed by atoms with Gasteiger partial charge in [-0.1, -0.05) is 12.1 Å². The SMILES string of the molecule is Cc1cn2c(n1)CC[C@@H](NC(=O)Cn1cnc3ccccc3c1=O)C2. The highest BCUT2D eigenvalue weighted by Gasteiger charge is 2.21. The topological polar surface area (TPSA) is 81.8 Å². The quantitative estimate of drug-likeness (QED) is 0.774. The maximum Gasteiger partial charge on any atom is 0.261 e. The standard InChI is InChI=1S/C18H19N5O2/c1-12-8-22-9-13(6-7-16(22)20-12)21-17(24)10-23-11-19-15-5-3-2-4-14(15)18(23)25/h2-5,8,11,13H,6-7,9-10H2,1H3,(H,21,24)/t13-/m1/s1. The predicted molar refractivity (Wildman–Crippen MR) is 93.2 cm³/mol. The Morgan fingerprint density at radius 1 is 1.36 bits per heavy atom. The highest BCUT2D eigenvalue weighted by molar-refractivity contribution is 5.79. The molecule has 7 nitrogen and oxygen atoms in total. The zero-order valence-corrected chi connectivity index (χ0v) is 14.0. The molecule has 7 heteroatoms. The molecule has 0 radical (unpaired) electrons. The van der Waals surface area contributed by atoms with E-state index in [4.69, 9.17) is 0 Å². The van der Waals surface area contributed by atoms with Gasteiger partial charge in [0.2, 0.25) is 5.91 Å². The van der Waals surface area contributed by atoms with Crippen LogP contribution in [0.4, 0.5) is 0 Å². The molecule has 0 bridgehead atoms. The molecule has 3 heterocycles. The van der Waals surface area contributed by atoms with E-state index in [1.54, 1.807) is 18.2 Å². The number of hydrogen-bond donors (Lipinski definition) is 1. The lowest BCUT2D eigenvalue weighted by atomic mass is 10.1. The molecule has 25 heavy (non-hydrogen) atoms. The van der Waals surface area contributed by atoms with Crippen LogP contribution in [0.25, 0.3) is 10.9 Å². The summed E-state index contributed by atoms with van der Waals surface area (Å²) in [5.41, 5.74) is 1.44. The summed E-state index contributed by atoms with van der Waals surface area (Å²) in [7, 11) is 0. The lowest BCUT2D eigenvalue weighted by molar-refractivity contribution is -0.122. The van der Waals surface area contributed by atoms with E-state index in [0.717, 1.165) is 24.4 Å². The van der Waals surface area contributed by atoms with Gasteiger partial charge >= 0.3 is 0 Å². The lowest BCUT2D eigenvalue weighted by Gasteiger charge is -2.24. The predicted octanol–water partition coefficient (Wildman–Crippen LogP) is 1.03. The number of carbonyl (C=O) groups excluding carboxylic acids is 1. The maximum absolute atomic E-state index is 12.5. The Kier molecular flexibility index (Phi) is 3.83. The van der Waals surface area contributed by atoms with E-state index in [1.807, 2.05) is 19.2 Å². The Morgan fingerprint density at radius 3 is 3.08 bits per heavy atom. The van der Waals surface area contributed by atoms with Gasteiger partial charge in [-0.3, -0.25) is 14.2 Å². The number of hydrogen-bond acceptors (Lipinski definition) is 4. The third-order valence-electron chi connectivity index (χ3n) is 4.52. The van der Waals surface area contributed by atoms with Gasteiger partial charge in [0.25, 0.3) is 5.56 Å². The molecule has 0 saturated heterocycles. The zero-order chi connectivity index (χ0) is 17.4. The van der Waals surface area contributed by atoms with Crippen molar-refractivity contribution in [2.75, 3.05) is 0 Å². The number of fused-ring (bicyclic) bond motifs is 2. The smallest absolute Gasteiger partial charge is 0.261 e. The molecule has 1 aromatic carbocycles. The van der Waals surface area contributed by atoms with Gasteiger partial charge in [-0.2, -0.15) is 0 Å². The number of amides is 1. The second-order valence-corrected chi connectivity index (χ2v) is 6.45. The fraction of sp³-hybridized carbons (Fsp3) is 0.333. The van der Waals surface area contributed by atoms with Crippen molar-refractivity contribution in [1.82, 2.24) is 24.4 Å². The molecular formula is C18H19N5O2. The van der Waals surface area contributed by atoms with Crippen molar-refractivity contribution < 1.29 is 4.79 Å². The monoisotopic (exact) mass is 337 g/mol. The number of nitrogens with zero attached hydrogens (tertiary/aromatic N) is 4. The minimum Gasteiger partial charge on any atom is -0.350 e. The van der Waals surface area contributed by atoms with Crippen LogP contribution >= 0.6 is 0 Å². The minimum absolute atomic E-state index is 0.0248. The van der Waals surface area contributed by atoms with E-state index in [1.165, 1.54) is 10.9 Å². The van der Waals surface area contributed by atoms with Crippen LogP contribution in [0, 0.1) is 6.92 Å². The molecule has 128 valence electrons. The molecule has 1 amide bonds. The van der Waals surface area contributed by atoms with E-state index >= 15 is 0 Å². The molecular weight excluding hydrogens is 318 g/mol. The van der Waals surface area contributed by atoms with Crippen molar-refractivity contribution in [1.29, 1.82) is 0 Å². The number of imidazole rings is 1. The third kappa shape index (κ3) is 3.05. The molecule has 1 atom stereocenters. The van der Waals surface area contributed by atoms with Crippen molar-refractivity contribution in [3.8, 4) is 0 Å². The van der Waals surface area contributed by atoms with Crippen molar-refractivity contribution >= 4 is 16.8 Å². The zero-order valence-electron chi connectivity index (χ0n) is 14.0. The van der Waals surface area contributed by atoms with Crippen LogP contribution in [0.15, 0.2) is 41.6 Å². The number of para-hydroxylation sites is 1. The molecule has 1 aliphatic heterocycles. The largest absolute Gasteiger partial charge is 0.350 e. The first kappa shape index (κ1) is 15.6. The van der Waals surface area contributed by atoms with E-state index < -0.39 is 0 Å². The number of aryl methyl sites for hydroxylation is 2. The Labute approximate surface area is 144 Å². The van der Waals surface area contributed by atoms with Gasteiger partial charge in [0.1, 0.15) is 12.4 Å². The van der Waals surface area contributed by atoms with Gasteiger partial charge in [-0.05, 0) is 25.5 Å². The Hall–Kier alpha value is -2.96. The fourth-order valence-corrected chi connectivity index (χ4v) is 3.35. The Morgan fingerprint density at radius 2 is 2.20 bits per heavy atom. The average Bonchev–Trinajstić information content (AvgIpc) is 2.97. The highest BCUT2D eigenvalue weighted by atomic mass is 16.2. The van der Waals surface area contributed by atoms with Crippen LogP contribution < -0.4 is 10.9 Å². The van der Waals surface area contributed by atoms with Crippen LogP contribution in [0.3, 0.4) is 0 Å². The van der Waals surface area contributed by atoms with Crippen LogP contribution in [0.5, 0.6) is 0 Å². The normalized spacial score (nSPS) is 16.6. The van der Waals surface area contributed by atoms with E-state index in [-0.39, 0.29) is 24.1 Å². The molecule has 0 aliphatic carbocycles. The third-order valence-corrected chi connectivity index (χ3v) is 4.52. The average molecular weight is 337 g/mol. The van der Waals surface area contributed by atoms with Gasteiger partial charge < -0.3 is 9.88 Å². The molecule has 4 rings (SSSR count). The summed E-state index contributed by atoms with van der Waals surface area (Å²) in [5, 5.41) is 3.54. The molecule has 0 saturated carbocycles. The molecule has 1 N–H and O–H groups in total. The van der Waals surface area contributed by atoms with Crippen LogP contribution in [-0.2, 0) is 24.3 Å². The number of carbonyl (C=O) groups is 1. The number of rotatable bonds is 3. The summed E-state index contributed by atoms with van der Waals surface area (Å²) in [6, 6.07) is 7.19. The van der Waals surface area contributed by atoms with E-state index in [9.17, 15) is 9.59 Å². The number of benzene rings is 1. The van der Waals surface area contributed by atoms with Gasteiger partial charge in [-0.15, -0.1) is 0 Å². The molecule has 3 aromatic rings. The van der Waals surface area contributed by atoms with Crippen molar-refractivity contribution in [2.24, 2.45) is 0 Å². The summed E-state index contributed by atoms with van der Waals surface area (Å²) < 4.78 is 3.45. The first-order valence-corrected chi connectivity index (χ1v) is 8.36. The second kappa shape index (κ2) is 6.16.